The number of rotatable bonds is 6. The van der Waals surface area contributed by atoms with Crippen molar-refractivity contribution < 1.29 is 14.3 Å². The Balaban J connectivity index is 1.93. The van der Waals surface area contributed by atoms with Crippen LogP contribution in [0.4, 0.5) is 0 Å². The molecule has 0 saturated carbocycles. The standard InChI is InChI=1S/C18H27NO3/c1-5-14-8-10-15(11-9-14)22-18(3,4)17(20)19-13(2)16-7-6-12-21-16/h8-11,13,16H,5-7,12H2,1-4H3,(H,19,20). The fourth-order valence-corrected chi connectivity index (χ4v) is 2.60. The van der Waals surface area contributed by atoms with Crippen LogP contribution in [0.1, 0.15) is 46.1 Å². The number of nitrogens with one attached hydrogen (secondary N) is 1. The van der Waals surface area contributed by atoms with Gasteiger partial charge < -0.3 is 14.8 Å². The molecule has 0 radical (unpaired) electrons. The average molecular weight is 305 g/mol. The summed E-state index contributed by atoms with van der Waals surface area (Å²) in [7, 11) is 0. The van der Waals surface area contributed by atoms with Crippen molar-refractivity contribution in [1.29, 1.82) is 0 Å². The SMILES string of the molecule is CCc1ccc(OC(C)(C)C(=O)NC(C)C2CCCO2)cc1. The lowest BCUT2D eigenvalue weighted by Crippen LogP contribution is -2.52. The van der Waals surface area contributed by atoms with E-state index in [0.29, 0.717) is 5.75 Å². The molecule has 0 bridgehead atoms. The van der Waals surface area contributed by atoms with E-state index in [0.717, 1.165) is 25.9 Å². The van der Waals surface area contributed by atoms with Crippen LogP contribution in [0.3, 0.4) is 0 Å². The highest BCUT2D eigenvalue weighted by atomic mass is 16.5. The molecule has 1 fully saturated rings. The zero-order chi connectivity index (χ0) is 16.2. The second-order valence-electron chi connectivity index (χ2n) is 6.42. The predicted molar refractivity (Wildman–Crippen MR) is 87.1 cm³/mol. The summed E-state index contributed by atoms with van der Waals surface area (Å²) < 4.78 is 11.5. The van der Waals surface area contributed by atoms with Gasteiger partial charge in [-0.1, -0.05) is 19.1 Å². The molecule has 4 heteroatoms. The van der Waals surface area contributed by atoms with E-state index in [1.165, 1.54) is 5.56 Å². The summed E-state index contributed by atoms with van der Waals surface area (Å²) in [5.74, 6) is 0.595. The number of ether oxygens (including phenoxy) is 2. The smallest absolute Gasteiger partial charge is 0.263 e. The number of carbonyl (C=O) groups excluding carboxylic acids is 1. The van der Waals surface area contributed by atoms with E-state index >= 15 is 0 Å². The van der Waals surface area contributed by atoms with Crippen molar-refractivity contribution in [1.82, 2.24) is 5.32 Å². The fraction of sp³-hybridized carbons (Fsp3) is 0.611. The van der Waals surface area contributed by atoms with Crippen LogP contribution < -0.4 is 10.1 Å². The Bertz CT molecular complexity index is 490. The number of benzene rings is 1. The first-order valence-corrected chi connectivity index (χ1v) is 8.13. The minimum atomic E-state index is -0.916. The van der Waals surface area contributed by atoms with Gasteiger partial charge in [-0.15, -0.1) is 0 Å². The molecule has 122 valence electrons. The molecular formula is C18H27NO3. The van der Waals surface area contributed by atoms with Crippen LogP contribution in [0.5, 0.6) is 5.75 Å². The monoisotopic (exact) mass is 305 g/mol. The maximum Gasteiger partial charge on any atom is 0.263 e. The van der Waals surface area contributed by atoms with Gasteiger partial charge in [0.05, 0.1) is 12.1 Å². The van der Waals surface area contributed by atoms with Crippen LogP contribution in [-0.2, 0) is 16.0 Å². The minimum Gasteiger partial charge on any atom is -0.478 e. The Labute approximate surface area is 133 Å². The predicted octanol–water partition coefficient (Wildman–Crippen LogP) is 3.09. The van der Waals surface area contributed by atoms with Crippen molar-refractivity contribution >= 4 is 5.91 Å². The van der Waals surface area contributed by atoms with Gasteiger partial charge >= 0.3 is 0 Å². The van der Waals surface area contributed by atoms with Gasteiger partial charge in [0, 0.05) is 6.61 Å². The van der Waals surface area contributed by atoms with Crippen molar-refractivity contribution in [3.8, 4) is 5.75 Å². The highest BCUT2D eigenvalue weighted by molar-refractivity contribution is 5.85. The first-order chi connectivity index (χ1) is 10.4. The zero-order valence-corrected chi connectivity index (χ0v) is 14.0. The second kappa shape index (κ2) is 7.14. The zero-order valence-electron chi connectivity index (χ0n) is 14.0. The van der Waals surface area contributed by atoms with Crippen LogP contribution in [0.15, 0.2) is 24.3 Å². The first-order valence-electron chi connectivity index (χ1n) is 8.13. The largest absolute Gasteiger partial charge is 0.478 e. The Morgan fingerprint density at radius 3 is 2.64 bits per heavy atom. The molecule has 1 aliphatic heterocycles. The van der Waals surface area contributed by atoms with Crippen molar-refractivity contribution in [2.45, 2.75) is 64.7 Å². The molecular weight excluding hydrogens is 278 g/mol. The molecule has 2 rings (SSSR count). The van der Waals surface area contributed by atoms with Gasteiger partial charge in [-0.05, 0) is 57.7 Å². The van der Waals surface area contributed by atoms with Gasteiger partial charge in [0.25, 0.3) is 5.91 Å². The van der Waals surface area contributed by atoms with Gasteiger partial charge in [-0.3, -0.25) is 4.79 Å². The molecule has 1 aliphatic rings. The molecule has 22 heavy (non-hydrogen) atoms. The average Bonchev–Trinajstić information content (AvgIpc) is 3.02. The molecule has 0 spiro atoms. The van der Waals surface area contributed by atoms with E-state index in [1.54, 1.807) is 13.8 Å². The molecule has 1 amide bonds. The van der Waals surface area contributed by atoms with Gasteiger partial charge in [-0.2, -0.15) is 0 Å². The van der Waals surface area contributed by atoms with Gasteiger partial charge in [0.15, 0.2) is 5.60 Å². The first kappa shape index (κ1) is 16.8. The molecule has 2 unspecified atom stereocenters. The Hall–Kier alpha value is -1.55. The van der Waals surface area contributed by atoms with E-state index in [-0.39, 0.29) is 18.1 Å². The van der Waals surface area contributed by atoms with E-state index in [2.05, 4.69) is 12.2 Å². The van der Waals surface area contributed by atoms with Crippen LogP contribution in [0.25, 0.3) is 0 Å². The van der Waals surface area contributed by atoms with Gasteiger partial charge in [0.1, 0.15) is 5.75 Å². The lowest BCUT2D eigenvalue weighted by atomic mass is 10.1. The van der Waals surface area contributed by atoms with E-state index in [4.69, 9.17) is 9.47 Å². The number of carbonyl (C=O) groups is 1. The van der Waals surface area contributed by atoms with E-state index < -0.39 is 5.60 Å². The highest BCUT2D eigenvalue weighted by Crippen LogP contribution is 2.21. The van der Waals surface area contributed by atoms with Crippen molar-refractivity contribution in [2.75, 3.05) is 6.61 Å². The fourth-order valence-electron chi connectivity index (χ4n) is 2.60. The summed E-state index contributed by atoms with van der Waals surface area (Å²) in [5, 5.41) is 3.02. The third kappa shape index (κ3) is 4.23. The molecule has 4 nitrogen and oxygen atoms in total. The number of hydrogen-bond acceptors (Lipinski definition) is 3. The lowest BCUT2D eigenvalue weighted by Gasteiger charge is -2.29. The minimum absolute atomic E-state index is 0.000317. The summed E-state index contributed by atoms with van der Waals surface area (Å²) in [6.45, 7) is 8.46. The number of hydrogen-bond donors (Lipinski definition) is 1. The quantitative estimate of drug-likeness (QED) is 0.878. The summed E-state index contributed by atoms with van der Waals surface area (Å²) in [4.78, 5) is 12.5. The van der Waals surface area contributed by atoms with Gasteiger partial charge in [-0.25, -0.2) is 0 Å². The number of aryl methyl sites for hydroxylation is 1. The summed E-state index contributed by atoms with van der Waals surface area (Å²) in [6, 6.07) is 7.88. The van der Waals surface area contributed by atoms with Crippen LogP contribution in [-0.4, -0.2) is 30.3 Å². The molecule has 2 atom stereocenters. The highest BCUT2D eigenvalue weighted by Gasteiger charge is 2.33. The molecule has 1 heterocycles. The molecule has 1 aromatic rings. The summed E-state index contributed by atoms with van der Waals surface area (Å²) >= 11 is 0. The van der Waals surface area contributed by atoms with Crippen LogP contribution in [0.2, 0.25) is 0 Å². The van der Waals surface area contributed by atoms with Crippen molar-refractivity contribution in [2.24, 2.45) is 0 Å². The topological polar surface area (TPSA) is 47.6 Å². The molecule has 1 aromatic carbocycles. The third-order valence-corrected chi connectivity index (χ3v) is 4.13. The normalized spacial score (nSPS) is 19.7. The molecule has 0 aliphatic carbocycles. The molecule has 1 saturated heterocycles. The Morgan fingerprint density at radius 1 is 1.41 bits per heavy atom. The lowest BCUT2D eigenvalue weighted by molar-refractivity contribution is -0.135. The molecule has 1 N–H and O–H groups in total. The van der Waals surface area contributed by atoms with Crippen molar-refractivity contribution in [3.63, 3.8) is 0 Å². The number of amides is 1. The second-order valence-corrected chi connectivity index (χ2v) is 6.42. The van der Waals surface area contributed by atoms with Gasteiger partial charge in [0.2, 0.25) is 0 Å². The third-order valence-electron chi connectivity index (χ3n) is 4.13. The Morgan fingerprint density at radius 2 is 2.09 bits per heavy atom. The van der Waals surface area contributed by atoms with Crippen LogP contribution >= 0.6 is 0 Å². The van der Waals surface area contributed by atoms with Crippen LogP contribution in [0, 0.1) is 0 Å². The maximum atomic E-state index is 12.5. The summed E-state index contributed by atoms with van der Waals surface area (Å²) in [5.41, 5.74) is 0.335. The van der Waals surface area contributed by atoms with E-state index in [1.807, 2.05) is 31.2 Å². The maximum absolute atomic E-state index is 12.5. The van der Waals surface area contributed by atoms with E-state index in [9.17, 15) is 4.79 Å². The molecule has 0 aromatic heterocycles. The van der Waals surface area contributed by atoms with Crippen molar-refractivity contribution in [3.05, 3.63) is 29.8 Å². The Kier molecular flexibility index (Phi) is 5.46. The summed E-state index contributed by atoms with van der Waals surface area (Å²) in [6.07, 6.45) is 3.17.